The summed E-state index contributed by atoms with van der Waals surface area (Å²) in [4.78, 5) is 25.7. The molecule has 6 nitrogen and oxygen atoms in total. The van der Waals surface area contributed by atoms with Gasteiger partial charge in [-0.3, -0.25) is 14.9 Å². The van der Waals surface area contributed by atoms with E-state index in [2.05, 4.69) is 16.8 Å². The Morgan fingerprint density at radius 3 is 2.67 bits per heavy atom. The van der Waals surface area contributed by atoms with Gasteiger partial charge >= 0.3 is 0 Å². The summed E-state index contributed by atoms with van der Waals surface area (Å²) in [6.45, 7) is 3.13. The molecule has 0 N–H and O–H groups in total. The number of benzene rings is 1. The average molecular weight is 291 g/mol. The van der Waals surface area contributed by atoms with E-state index in [1.165, 1.54) is 6.07 Å². The molecule has 1 heterocycles. The lowest BCUT2D eigenvalue weighted by Gasteiger charge is -2.32. The van der Waals surface area contributed by atoms with E-state index in [4.69, 9.17) is 0 Å². The van der Waals surface area contributed by atoms with Crippen LogP contribution in [0.2, 0.25) is 0 Å². The van der Waals surface area contributed by atoms with Gasteiger partial charge in [-0.2, -0.15) is 0 Å². The maximum Gasteiger partial charge on any atom is 0.280 e. The third-order valence-corrected chi connectivity index (χ3v) is 4.15. The number of aldehydes is 1. The highest BCUT2D eigenvalue weighted by Gasteiger charge is 2.20. The molecule has 0 atom stereocenters. The fourth-order valence-electron chi connectivity index (χ4n) is 2.78. The molecule has 0 radical (unpaired) electrons. The molecular formula is C15H21N3O3. The van der Waals surface area contributed by atoms with E-state index in [0.717, 1.165) is 38.2 Å². The SMILES string of the molecule is CN1CCC(CN(C)c2ccc([N+](=O)[O-])c(C=O)c2)CC1. The number of carbonyl (C=O) groups is 1. The van der Waals surface area contributed by atoms with E-state index in [1.54, 1.807) is 12.1 Å². The Morgan fingerprint density at radius 1 is 1.43 bits per heavy atom. The van der Waals surface area contributed by atoms with Crippen LogP contribution in [0.3, 0.4) is 0 Å². The molecule has 2 rings (SSSR count). The van der Waals surface area contributed by atoms with Gasteiger partial charge in [0.05, 0.1) is 10.5 Å². The fraction of sp³-hybridized carbons (Fsp3) is 0.533. The van der Waals surface area contributed by atoms with E-state index < -0.39 is 4.92 Å². The summed E-state index contributed by atoms with van der Waals surface area (Å²) in [6, 6.07) is 4.71. The number of nitro benzene ring substituents is 1. The zero-order valence-electron chi connectivity index (χ0n) is 12.5. The van der Waals surface area contributed by atoms with Gasteiger partial charge in [-0.15, -0.1) is 0 Å². The summed E-state index contributed by atoms with van der Waals surface area (Å²) in [6.07, 6.45) is 2.87. The highest BCUT2D eigenvalue weighted by atomic mass is 16.6. The van der Waals surface area contributed by atoms with Crippen LogP contribution < -0.4 is 4.90 Å². The van der Waals surface area contributed by atoms with Crippen LogP contribution in [-0.4, -0.2) is 49.8 Å². The molecule has 1 aromatic carbocycles. The van der Waals surface area contributed by atoms with Crippen molar-refractivity contribution in [3.05, 3.63) is 33.9 Å². The van der Waals surface area contributed by atoms with Crippen LogP contribution in [0, 0.1) is 16.0 Å². The molecule has 1 aliphatic rings. The molecular weight excluding hydrogens is 270 g/mol. The molecule has 0 aliphatic carbocycles. The first-order chi connectivity index (χ1) is 10.0. The Hall–Kier alpha value is -1.95. The molecule has 114 valence electrons. The predicted molar refractivity (Wildman–Crippen MR) is 82.0 cm³/mol. The Labute approximate surface area is 124 Å². The topological polar surface area (TPSA) is 66.7 Å². The van der Waals surface area contributed by atoms with E-state index >= 15 is 0 Å². The van der Waals surface area contributed by atoms with Gasteiger partial charge < -0.3 is 9.80 Å². The number of anilines is 1. The van der Waals surface area contributed by atoms with Crippen LogP contribution in [0.15, 0.2) is 18.2 Å². The lowest BCUT2D eigenvalue weighted by atomic mass is 9.96. The summed E-state index contributed by atoms with van der Waals surface area (Å²) < 4.78 is 0. The third-order valence-electron chi connectivity index (χ3n) is 4.15. The number of hydrogen-bond acceptors (Lipinski definition) is 5. The van der Waals surface area contributed by atoms with Crippen molar-refractivity contribution in [3.8, 4) is 0 Å². The molecule has 1 fully saturated rings. The van der Waals surface area contributed by atoms with Crippen molar-refractivity contribution < 1.29 is 9.72 Å². The van der Waals surface area contributed by atoms with Gasteiger partial charge in [0.15, 0.2) is 6.29 Å². The second-order valence-corrected chi connectivity index (χ2v) is 5.75. The zero-order valence-corrected chi connectivity index (χ0v) is 12.5. The smallest absolute Gasteiger partial charge is 0.280 e. The Balaban J connectivity index is 2.07. The zero-order chi connectivity index (χ0) is 15.4. The molecule has 0 saturated carbocycles. The van der Waals surface area contributed by atoms with Gasteiger partial charge in [-0.05, 0) is 51.0 Å². The van der Waals surface area contributed by atoms with Crippen LogP contribution in [0.25, 0.3) is 0 Å². The van der Waals surface area contributed by atoms with Crippen molar-refractivity contribution in [2.45, 2.75) is 12.8 Å². The lowest BCUT2D eigenvalue weighted by molar-refractivity contribution is -0.385. The molecule has 0 amide bonds. The summed E-state index contributed by atoms with van der Waals surface area (Å²) in [5.74, 6) is 0.626. The van der Waals surface area contributed by atoms with Gasteiger partial charge in [-0.1, -0.05) is 0 Å². The number of hydrogen-bond donors (Lipinski definition) is 0. The number of likely N-dealkylation sites (tertiary alicyclic amines) is 1. The monoisotopic (exact) mass is 291 g/mol. The third kappa shape index (κ3) is 3.78. The van der Waals surface area contributed by atoms with E-state index in [0.29, 0.717) is 12.2 Å². The highest BCUT2D eigenvalue weighted by molar-refractivity contribution is 5.83. The second-order valence-electron chi connectivity index (χ2n) is 5.75. The second kappa shape index (κ2) is 6.67. The van der Waals surface area contributed by atoms with Gasteiger partial charge in [0.1, 0.15) is 0 Å². The number of nitrogens with zero attached hydrogens (tertiary/aromatic N) is 3. The summed E-state index contributed by atoms with van der Waals surface area (Å²) in [5.41, 5.74) is 0.843. The molecule has 1 aliphatic heterocycles. The van der Waals surface area contributed by atoms with E-state index in [-0.39, 0.29) is 11.3 Å². The maximum atomic E-state index is 11.0. The van der Waals surface area contributed by atoms with Crippen molar-refractivity contribution in [1.82, 2.24) is 4.90 Å². The van der Waals surface area contributed by atoms with Crippen LogP contribution in [0.1, 0.15) is 23.2 Å². The quantitative estimate of drug-likeness (QED) is 0.472. The summed E-state index contributed by atoms with van der Waals surface area (Å²) >= 11 is 0. The minimum atomic E-state index is -0.523. The molecule has 1 aromatic rings. The molecule has 6 heteroatoms. The molecule has 1 saturated heterocycles. The lowest BCUT2D eigenvalue weighted by Crippen LogP contribution is -2.35. The van der Waals surface area contributed by atoms with Crippen molar-refractivity contribution in [3.63, 3.8) is 0 Å². The van der Waals surface area contributed by atoms with Crippen LogP contribution in [0.5, 0.6) is 0 Å². The number of nitro groups is 1. The van der Waals surface area contributed by atoms with Crippen molar-refractivity contribution in [2.75, 3.05) is 38.6 Å². The van der Waals surface area contributed by atoms with E-state index in [1.807, 2.05) is 7.05 Å². The van der Waals surface area contributed by atoms with Gasteiger partial charge in [0.2, 0.25) is 0 Å². The number of rotatable bonds is 5. The molecule has 0 unspecified atom stereocenters. The van der Waals surface area contributed by atoms with Crippen LogP contribution in [-0.2, 0) is 0 Å². The standard InChI is InChI=1S/C15H21N3O3/c1-16-7-5-12(6-8-16)10-17(2)14-3-4-15(18(20)21)13(9-14)11-19/h3-4,9,11-12H,5-8,10H2,1-2H3. The Bertz CT molecular complexity index is 525. The van der Waals surface area contributed by atoms with Crippen molar-refractivity contribution in [2.24, 2.45) is 5.92 Å². The van der Waals surface area contributed by atoms with Crippen molar-refractivity contribution >= 4 is 17.7 Å². The van der Waals surface area contributed by atoms with Crippen LogP contribution in [0.4, 0.5) is 11.4 Å². The normalized spacial score (nSPS) is 16.7. The number of carbonyl (C=O) groups excluding carboxylic acids is 1. The molecule has 21 heavy (non-hydrogen) atoms. The predicted octanol–water partition coefficient (Wildman–Crippen LogP) is 2.19. The first-order valence-electron chi connectivity index (χ1n) is 7.14. The summed E-state index contributed by atoms with van der Waals surface area (Å²) in [5, 5.41) is 10.8. The molecule has 0 spiro atoms. The number of piperidine rings is 1. The first kappa shape index (κ1) is 15.4. The van der Waals surface area contributed by atoms with Gasteiger partial charge in [0.25, 0.3) is 5.69 Å². The van der Waals surface area contributed by atoms with E-state index in [9.17, 15) is 14.9 Å². The molecule has 0 bridgehead atoms. The molecule has 0 aromatic heterocycles. The van der Waals surface area contributed by atoms with Gasteiger partial charge in [-0.25, -0.2) is 0 Å². The maximum absolute atomic E-state index is 11.0. The van der Waals surface area contributed by atoms with Gasteiger partial charge in [0, 0.05) is 25.3 Å². The minimum Gasteiger partial charge on any atom is -0.374 e. The largest absolute Gasteiger partial charge is 0.374 e. The Morgan fingerprint density at radius 2 is 2.10 bits per heavy atom. The Kier molecular flexibility index (Phi) is 4.90. The van der Waals surface area contributed by atoms with Crippen LogP contribution >= 0.6 is 0 Å². The highest BCUT2D eigenvalue weighted by Crippen LogP contribution is 2.25. The average Bonchev–Trinajstić information content (AvgIpc) is 2.48. The first-order valence-corrected chi connectivity index (χ1v) is 7.14. The fourth-order valence-corrected chi connectivity index (χ4v) is 2.78. The minimum absolute atomic E-state index is 0.132. The van der Waals surface area contributed by atoms with Crippen molar-refractivity contribution in [1.29, 1.82) is 0 Å². The summed E-state index contributed by atoms with van der Waals surface area (Å²) in [7, 11) is 4.10.